The molecule has 1 aliphatic heterocycles. The molecule has 0 amide bonds. The van der Waals surface area contributed by atoms with Gasteiger partial charge in [0.05, 0.1) is 0 Å². The lowest BCUT2D eigenvalue weighted by Crippen LogP contribution is -2.35. The molecular formula is C15H23BrN2. The second-order valence-electron chi connectivity index (χ2n) is 5.37. The second kappa shape index (κ2) is 6.69. The van der Waals surface area contributed by atoms with Gasteiger partial charge < -0.3 is 10.6 Å². The Hall–Kier alpha value is -0.380. The van der Waals surface area contributed by atoms with Crippen molar-refractivity contribution in [3.63, 3.8) is 0 Å². The highest BCUT2D eigenvalue weighted by Crippen LogP contribution is 2.19. The fourth-order valence-corrected chi connectivity index (χ4v) is 3.17. The molecule has 1 aromatic rings. The summed E-state index contributed by atoms with van der Waals surface area (Å²) in [7, 11) is 0. The molecule has 2 N–H and O–H groups in total. The molecule has 0 aromatic heterocycles. The van der Waals surface area contributed by atoms with Crippen LogP contribution in [0.4, 0.5) is 0 Å². The van der Waals surface area contributed by atoms with Gasteiger partial charge in [-0.1, -0.05) is 28.1 Å². The number of nitrogens with one attached hydrogen (secondary N) is 2. The van der Waals surface area contributed by atoms with Crippen LogP contribution in [0.2, 0.25) is 0 Å². The Morgan fingerprint density at radius 3 is 2.94 bits per heavy atom. The smallest absolute Gasteiger partial charge is 0.0294 e. The van der Waals surface area contributed by atoms with Gasteiger partial charge in [-0.3, -0.25) is 0 Å². The topological polar surface area (TPSA) is 24.1 Å². The summed E-state index contributed by atoms with van der Waals surface area (Å²) in [4.78, 5) is 0. The molecule has 1 aromatic carbocycles. The number of hydrogen-bond acceptors (Lipinski definition) is 2. The third kappa shape index (κ3) is 4.08. The standard InChI is InChI=1S/C15H23BrN2/c1-11(9-15-7-4-8-17-15)18-12(2)13-5-3-6-14(16)10-13/h3,5-6,10-12,15,17-18H,4,7-9H2,1-2H3/t11?,12-,15?/m1/s1. The number of rotatable bonds is 5. The molecule has 0 spiro atoms. The average molecular weight is 311 g/mol. The van der Waals surface area contributed by atoms with Gasteiger partial charge in [-0.25, -0.2) is 0 Å². The molecule has 0 saturated carbocycles. The Morgan fingerprint density at radius 1 is 1.44 bits per heavy atom. The lowest BCUT2D eigenvalue weighted by molar-refractivity contribution is 0.407. The minimum atomic E-state index is 0.402. The zero-order valence-corrected chi connectivity index (χ0v) is 12.8. The monoisotopic (exact) mass is 310 g/mol. The van der Waals surface area contributed by atoms with Gasteiger partial charge in [0.25, 0.3) is 0 Å². The van der Waals surface area contributed by atoms with Crippen LogP contribution in [0.5, 0.6) is 0 Å². The number of halogens is 1. The summed E-state index contributed by atoms with van der Waals surface area (Å²) in [5.41, 5.74) is 1.34. The first-order valence-corrected chi connectivity index (χ1v) is 7.69. The molecule has 0 radical (unpaired) electrons. The molecule has 18 heavy (non-hydrogen) atoms. The molecule has 1 heterocycles. The molecule has 3 atom stereocenters. The van der Waals surface area contributed by atoms with Gasteiger partial charge in [-0.2, -0.15) is 0 Å². The van der Waals surface area contributed by atoms with Crippen molar-refractivity contribution in [1.29, 1.82) is 0 Å². The second-order valence-corrected chi connectivity index (χ2v) is 6.29. The van der Waals surface area contributed by atoms with Crippen LogP contribution in [0.3, 0.4) is 0 Å². The Balaban J connectivity index is 1.84. The molecule has 1 fully saturated rings. The SMILES string of the molecule is CC(CC1CCCN1)N[C@H](C)c1cccc(Br)c1. The van der Waals surface area contributed by atoms with Gasteiger partial charge >= 0.3 is 0 Å². The van der Waals surface area contributed by atoms with E-state index in [0.717, 1.165) is 4.47 Å². The van der Waals surface area contributed by atoms with E-state index in [1.165, 1.54) is 31.4 Å². The maximum Gasteiger partial charge on any atom is 0.0294 e. The van der Waals surface area contributed by atoms with Crippen LogP contribution < -0.4 is 10.6 Å². The minimum absolute atomic E-state index is 0.402. The predicted octanol–water partition coefficient (Wildman–Crippen LogP) is 3.63. The molecule has 2 unspecified atom stereocenters. The summed E-state index contributed by atoms with van der Waals surface area (Å²) in [6, 6.07) is 10.2. The van der Waals surface area contributed by atoms with Crippen LogP contribution in [0, 0.1) is 0 Å². The molecule has 0 aliphatic carbocycles. The highest BCUT2D eigenvalue weighted by Gasteiger charge is 2.18. The van der Waals surface area contributed by atoms with Crippen molar-refractivity contribution >= 4 is 15.9 Å². The van der Waals surface area contributed by atoms with E-state index in [1.54, 1.807) is 0 Å². The molecule has 2 nitrogen and oxygen atoms in total. The highest BCUT2D eigenvalue weighted by atomic mass is 79.9. The normalized spacial score (nSPS) is 22.9. The summed E-state index contributed by atoms with van der Waals surface area (Å²) in [5.74, 6) is 0. The Morgan fingerprint density at radius 2 is 2.28 bits per heavy atom. The van der Waals surface area contributed by atoms with Crippen molar-refractivity contribution in [3.8, 4) is 0 Å². The van der Waals surface area contributed by atoms with E-state index in [-0.39, 0.29) is 0 Å². The van der Waals surface area contributed by atoms with Gasteiger partial charge in [-0.05, 0) is 57.4 Å². The molecule has 1 aliphatic rings. The number of hydrogen-bond donors (Lipinski definition) is 2. The average Bonchev–Trinajstić information content (AvgIpc) is 2.81. The van der Waals surface area contributed by atoms with E-state index < -0.39 is 0 Å². The van der Waals surface area contributed by atoms with Crippen LogP contribution in [0.15, 0.2) is 28.7 Å². The molecule has 0 bridgehead atoms. The van der Waals surface area contributed by atoms with Crippen LogP contribution >= 0.6 is 15.9 Å². The minimum Gasteiger partial charge on any atom is -0.314 e. The first-order chi connectivity index (χ1) is 8.65. The molecule has 3 heteroatoms. The number of benzene rings is 1. The van der Waals surface area contributed by atoms with Gasteiger partial charge in [0, 0.05) is 22.6 Å². The van der Waals surface area contributed by atoms with E-state index in [4.69, 9.17) is 0 Å². The quantitative estimate of drug-likeness (QED) is 0.868. The maximum atomic E-state index is 3.69. The zero-order chi connectivity index (χ0) is 13.0. The largest absolute Gasteiger partial charge is 0.314 e. The molecule has 2 rings (SSSR count). The lowest BCUT2D eigenvalue weighted by Gasteiger charge is -2.23. The Labute approximate surface area is 119 Å². The highest BCUT2D eigenvalue weighted by molar-refractivity contribution is 9.10. The zero-order valence-electron chi connectivity index (χ0n) is 11.2. The molecule has 1 saturated heterocycles. The first kappa shape index (κ1) is 14.0. The summed E-state index contributed by atoms with van der Waals surface area (Å²) in [5, 5.41) is 7.25. The summed E-state index contributed by atoms with van der Waals surface area (Å²) in [6.07, 6.45) is 3.88. The Bertz CT molecular complexity index is 375. The predicted molar refractivity (Wildman–Crippen MR) is 80.8 cm³/mol. The summed E-state index contributed by atoms with van der Waals surface area (Å²) < 4.78 is 1.15. The fraction of sp³-hybridized carbons (Fsp3) is 0.600. The van der Waals surface area contributed by atoms with E-state index in [2.05, 4.69) is 64.7 Å². The van der Waals surface area contributed by atoms with E-state index in [9.17, 15) is 0 Å². The van der Waals surface area contributed by atoms with Gasteiger partial charge in [0.2, 0.25) is 0 Å². The fourth-order valence-electron chi connectivity index (χ4n) is 2.75. The third-order valence-corrected chi connectivity index (χ3v) is 4.18. The van der Waals surface area contributed by atoms with Crippen molar-refractivity contribution < 1.29 is 0 Å². The van der Waals surface area contributed by atoms with Crippen molar-refractivity contribution in [2.45, 2.75) is 51.2 Å². The van der Waals surface area contributed by atoms with Crippen LogP contribution in [0.25, 0.3) is 0 Å². The van der Waals surface area contributed by atoms with Gasteiger partial charge in [-0.15, -0.1) is 0 Å². The van der Waals surface area contributed by atoms with Crippen molar-refractivity contribution in [1.82, 2.24) is 10.6 Å². The summed E-state index contributed by atoms with van der Waals surface area (Å²) >= 11 is 3.53. The third-order valence-electron chi connectivity index (χ3n) is 3.68. The van der Waals surface area contributed by atoms with Gasteiger partial charge in [0.15, 0.2) is 0 Å². The van der Waals surface area contributed by atoms with E-state index >= 15 is 0 Å². The summed E-state index contributed by atoms with van der Waals surface area (Å²) in [6.45, 7) is 5.72. The van der Waals surface area contributed by atoms with E-state index in [0.29, 0.717) is 18.1 Å². The maximum absolute atomic E-state index is 3.69. The lowest BCUT2D eigenvalue weighted by atomic mass is 10.0. The van der Waals surface area contributed by atoms with Crippen LogP contribution in [-0.4, -0.2) is 18.6 Å². The van der Waals surface area contributed by atoms with E-state index in [1.807, 2.05) is 0 Å². The molecular weight excluding hydrogens is 288 g/mol. The van der Waals surface area contributed by atoms with Crippen molar-refractivity contribution in [2.24, 2.45) is 0 Å². The Kier molecular flexibility index (Phi) is 5.22. The van der Waals surface area contributed by atoms with Crippen molar-refractivity contribution in [3.05, 3.63) is 34.3 Å². The van der Waals surface area contributed by atoms with Crippen LogP contribution in [0.1, 0.15) is 44.7 Å². The van der Waals surface area contributed by atoms with Crippen molar-refractivity contribution in [2.75, 3.05) is 6.54 Å². The molecule has 100 valence electrons. The first-order valence-electron chi connectivity index (χ1n) is 6.90. The van der Waals surface area contributed by atoms with Crippen LogP contribution in [-0.2, 0) is 0 Å². The van der Waals surface area contributed by atoms with Gasteiger partial charge in [0.1, 0.15) is 0 Å².